The van der Waals surface area contributed by atoms with Gasteiger partial charge in [-0.2, -0.15) is 0 Å². The third kappa shape index (κ3) is 3.90. The summed E-state index contributed by atoms with van der Waals surface area (Å²) in [5.74, 6) is 0. The number of hydrogen-bond donors (Lipinski definition) is 3. The van der Waals surface area contributed by atoms with Crippen LogP contribution in [-0.2, 0) is 35.7 Å². The van der Waals surface area contributed by atoms with Gasteiger partial charge < -0.3 is 10.4 Å². The summed E-state index contributed by atoms with van der Waals surface area (Å²) < 4.78 is 26.9. The first kappa shape index (κ1) is 20.7. The number of carboxylic acid groups (broad SMARTS) is 1. The average Bonchev–Trinajstić information content (AvgIpc) is 3.38. The summed E-state index contributed by atoms with van der Waals surface area (Å²) in [6.45, 7) is 2.03. The van der Waals surface area contributed by atoms with Crippen molar-refractivity contribution >= 4 is 27.8 Å². The van der Waals surface area contributed by atoms with Crippen LogP contribution in [0.1, 0.15) is 54.9 Å². The molecule has 0 radical (unpaired) electrons. The molecule has 0 unspecified atom stereocenters. The predicted molar refractivity (Wildman–Crippen MR) is 113 cm³/mol. The Labute approximate surface area is 176 Å². The van der Waals surface area contributed by atoms with Crippen LogP contribution >= 0.6 is 0 Å². The molecule has 2 aliphatic carbocycles. The van der Waals surface area contributed by atoms with Crippen molar-refractivity contribution < 1.29 is 23.1 Å². The minimum absolute atomic E-state index is 0.356. The standard InChI is InChI=1S/C21H27N3O5S/c1-21(9-4-11-24(21)20(26)27)10-12-30(28,29)23-19(25)22-18-16-7-2-5-14(16)13-15-6-3-8-17(15)18/h10,12-13H,2-9,11H2,1H3,(H,26,27)(H2,22,23,25)/b12-10+/t21-/m1/s1. The number of sulfonamides is 1. The molecule has 1 atom stereocenters. The van der Waals surface area contributed by atoms with E-state index in [2.05, 4.69) is 11.4 Å². The lowest BCUT2D eigenvalue weighted by atomic mass is 9.99. The normalized spacial score (nSPS) is 22.9. The Balaban J connectivity index is 1.49. The number of anilines is 1. The fraction of sp³-hybridized carbons (Fsp3) is 0.524. The smallest absolute Gasteiger partial charge is 0.407 e. The summed E-state index contributed by atoms with van der Waals surface area (Å²) in [6, 6.07) is 1.45. The summed E-state index contributed by atoms with van der Waals surface area (Å²) in [5, 5.41) is 13.0. The van der Waals surface area contributed by atoms with Crippen molar-refractivity contribution in [2.45, 2.75) is 63.8 Å². The maximum atomic E-state index is 12.5. The minimum Gasteiger partial charge on any atom is -0.465 e. The third-order valence-corrected chi connectivity index (χ3v) is 7.43. The monoisotopic (exact) mass is 433 g/mol. The van der Waals surface area contributed by atoms with Crippen LogP contribution in [0, 0.1) is 0 Å². The summed E-state index contributed by atoms with van der Waals surface area (Å²) in [4.78, 5) is 25.1. The number of amides is 3. The van der Waals surface area contributed by atoms with Gasteiger partial charge in [-0.3, -0.25) is 4.90 Å². The second kappa shape index (κ2) is 7.61. The molecule has 0 aromatic heterocycles. The Morgan fingerprint density at radius 3 is 2.33 bits per heavy atom. The number of hydrogen-bond acceptors (Lipinski definition) is 4. The van der Waals surface area contributed by atoms with E-state index in [0.29, 0.717) is 19.4 Å². The first-order valence-corrected chi connectivity index (χ1v) is 11.9. The Morgan fingerprint density at radius 2 is 1.73 bits per heavy atom. The van der Waals surface area contributed by atoms with E-state index in [1.165, 1.54) is 22.1 Å². The quantitative estimate of drug-likeness (QED) is 0.675. The maximum Gasteiger partial charge on any atom is 0.407 e. The van der Waals surface area contributed by atoms with Gasteiger partial charge in [-0.25, -0.2) is 22.7 Å². The highest BCUT2D eigenvalue weighted by molar-refractivity contribution is 7.92. The second-order valence-corrected chi connectivity index (χ2v) is 10.1. The molecule has 1 heterocycles. The van der Waals surface area contributed by atoms with E-state index in [-0.39, 0.29) is 0 Å². The van der Waals surface area contributed by atoms with E-state index in [1.54, 1.807) is 6.92 Å². The lowest BCUT2D eigenvalue weighted by Crippen LogP contribution is -2.43. The molecule has 30 heavy (non-hydrogen) atoms. The van der Waals surface area contributed by atoms with Crippen molar-refractivity contribution in [1.29, 1.82) is 0 Å². The van der Waals surface area contributed by atoms with Gasteiger partial charge in [-0.1, -0.05) is 6.07 Å². The number of urea groups is 1. The van der Waals surface area contributed by atoms with Gasteiger partial charge in [0.1, 0.15) is 0 Å². The third-order valence-electron chi connectivity index (χ3n) is 6.46. The minimum atomic E-state index is -4.07. The van der Waals surface area contributed by atoms with Gasteiger partial charge in [-0.15, -0.1) is 0 Å². The zero-order valence-corrected chi connectivity index (χ0v) is 17.8. The Bertz CT molecular complexity index is 1000. The van der Waals surface area contributed by atoms with Crippen LogP contribution < -0.4 is 10.0 Å². The zero-order chi connectivity index (χ0) is 21.5. The highest BCUT2D eigenvalue weighted by Crippen LogP contribution is 2.38. The molecular formula is C21H27N3O5S. The molecule has 8 nitrogen and oxygen atoms in total. The highest BCUT2D eigenvalue weighted by Gasteiger charge is 2.38. The number of likely N-dealkylation sites (tertiary alicyclic amines) is 1. The zero-order valence-electron chi connectivity index (χ0n) is 17.0. The van der Waals surface area contributed by atoms with Crippen molar-refractivity contribution in [3.05, 3.63) is 39.8 Å². The van der Waals surface area contributed by atoms with Crippen LogP contribution in [0.25, 0.3) is 0 Å². The van der Waals surface area contributed by atoms with Gasteiger partial charge in [0, 0.05) is 17.6 Å². The molecule has 1 fully saturated rings. The first-order valence-electron chi connectivity index (χ1n) is 10.4. The second-order valence-electron chi connectivity index (χ2n) is 8.53. The van der Waals surface area contributed by atoms with E-state index >= 15 is 0 Å². The van der Waals surface area contributed by atoms with Gasteiger partial charge in [0.05, 0.1) is 5.54 Å². The van der Waals surface area contributed by atoms with Gasteiger partial charge >= 0.3 is 12.1 Å². The Kier molecular flexibility index (Phi) is 5.25. The first-order chi connectivity index (χ1) is 14.2. The van der Waals surface area contributed by atoms with E-state index in [0.717, 1.165) is 60.7 Å². The molecule has 3 amide bonds. The highest BCUT2D eigenvalue weighted by atomic mass is 32.2. The van der Waals surface area contributed by atoms with Crippen molar-refractivity contribution in [2.24, 2.45) is 0 Å². The summed E-state index contributed by atoms with van der Waals surface area (Å²) in [7, 11) is -4.07. The van der Waals surface area contributed by atoms with E-state index in [1.807, 2.05) is 4.72 Å². The van der Waals surface area contributed by atoms with E-state index in [9.17, 15) is 23.1 Å². The maximum absolute atomic E-state index is 12.5. The number of nitrogens with zero attached hydrogens (tertiary/aromatic N) is 1. The number of aryl methyl sites for hydroxylation is 2. The number of carbonyl (C=O) groups is 2. The van der Waals surface area contributed by atoms with Crippen LogP contribution in [0.3, 0.4) is 0 Å². The summed E-state index contributed by atoms with van der Waals surface area (Å²) >= 11 is 0. The van der Waals surface area contributed by atoms with Crippen LogP contribution in [0.15, 0.2) is 17.6 Å². The Morgan fingerprint density at radius 1 is 1.10 bits per heavy atom. The molecule has 162 valence electrons. The van der Waals surface area contributed by atoms with E-state index < -0.39 is 27.7 Å². The van der Waals surface area contributed by atoms with Crippen LogP contribution in [-0.4, -0.2) is 42.6 Å². The number of nitrogens with one attached hydrogen (secondary N) is 2. The topological polar surface area (TPSA) is 116 Å². The average molecular weight is 434 g/mol. The molecule has 1 saturated heterocycles. The van der Waals surface area contributed by atoms with Crippen LogP contribution in [0.2, 0.25) is 0 Å². The fourth-order valence-corrected chi connectivity index (χ4v) is 5.83. The molecule has 4 rings (SSSR count). The fourth-order valence-electron chi connectivity index (χ4n) is 4.98. The van der Waals surface area contributed by atoms with Crippen molar-refractivity contribution in [3.8, 4) is 0 Å². The van der Waals surface area contributed by atoms with Crippen molar-refractivity contribution in [2.75, 3.05) is 11.9 Å². The molecule has 3 aliphatic rings. The van der Waals surface area contributed by atoms with Gasteiger partial charge in [0.25, 0.3) is 10.0 Å². The molecular weight excluding hydrogens is 406 g/mol. The predicted octanol–water partition coefficient (Wildman–Crippen LogP) is 3.16. The molecule has 1 aliphatic heterocycles. The molecule has 0 spiro atoms. The molecule has 0 bridgehead atoms. The largest absolute Gasteiger partial charge is 0.465 e. The lowest BCUT2D eigenvalue weighted by molar-refractivity contribution is 0.126. The summed E-state index contributed by atoms with van der Waals surface area (Å²) in [5.41, 5.74) is 4.60. The molecule has 3 N–H and O–H groups in total. The van der Waals surface area contributed by atoms with Crippen LogP contribution in [0.4, 0.5) is 15.3 Å². The van der Waals surface area contributed by atoms with Gasteiger partial charge in [-0.05, 0) is 86.6 Å². The number of rotatable bonds is 4. The van der Waals surface area contributed by atoms with Crippen LogP contribution in [0.5, 0.6) is 0 Å². The van der Waals surface area contributed by atoms with E-state index in [4.69, 9.17) is 0 Å². The van der Waals surface area contributed by atoms with Crippen molar-refractivity contribution in [1.82, 2.24) is 9.62 Å². The molecule has 9 heteroatoms. The molecule has 1 aromatic carbocycles. The lowest BCUT2D eigenvalue weighted by Gasteiger charge is -2.29. The number of benzene rings is 1. The van der Waals surface area contributed by atoms with Crippen molar-refractivity contribution in [3.63, 3.8) is 0 Å². The molecule has 1 aromatic rings. The Hall–Kier alpha value is -2.55. The van der Waals surface area contributed by atoms with Gasteiger partial charge in [0.2, 0.25) is 0 Å². The number of carbonyl (C=O) groups excluding carboxylic acids is 1. The molecule has 0 saturated carbocycles. The number of fused-ring (bicyclic) bond motifs is 2. The summed E-state index contributed by atoms with van der Waals surface area (Å²) in [6.07, 6.45) is 7.25. The van der Waals surface area contributed by atoms with Gasteiger partial charge in [0.15, 0.2) is 0 Å². The SMILES string of the molecule is C[C@]1(/C=C/S(=O)(=O)NC(=O)Nc2c3c(cc4c2CCC4)CCC3)CCCN1C(=O)O.